The Kier molecular flexibility index (Phi) is 8.90. The number of aryl methyl sites for hydroxylation is 1. The molecule has 2 aromatic heterocycles. The van der Waals surface area contributed by atoms with E-state index in [2.05, 4.69) is 15.2 Å². The van der Waals surface area contributed by atoms with Crippen LogP contribution in [0.1, 0.15) is 71.8 Å². The molecular formula is C40H46F2N6O5. The van der Waals surface area contributed by atoms with Crippen LogP contribution in [0.5, 0.6) is 11.8 Å². The highest BCUT2D eigenvalue weighted by molar-refractivity contribution is 6.02. The van der Waals surface area contributed by atoms with Crippen molar-refractivity contribution in [3.8, 4) is 23.0 Å². The largest absolute Gasteiger partial charge is 0.461 e. The predicted octanol–water partition coefficient (Wildman–Crippen LogP) is 6.92. The van der Waals surface area contributed by atoms with E-state index in [-0.39, 0.29) is 36.2 Å². The SMILES string of the molecule is CC(C)(C)C(=O)Oc1cc2c3c(cccc3c1)CCCOC(=O)N[C@]1(C)CCCN(C1)c1nc(OC[C@@]34CCCN3C[C@H](F)C4)nc3c(F)c-2ncc13. The molecule has 5 aliphatic heterocycles. The Balaban J connectivity index is 1.31. The molecule has 4 aromatic rings. The van der Waals surface area contributed by atoms with Gasteiger partial charge >= 0.3 is 18.1 Å². The number of carbonyl (C=O) groups excluding carboxylic acids is 2. The van der Waals surface area contributed by atoms with Gasteiger partial charge in [-0.2, -0.15) is 9.97 Å². The molecule has 0 unspecified atom stereocenters. The van der Waals surface area contributed by atoms with E-state index in [4.69, 9.17) is 24.2 Å². The third kappa shape index (κ3) is 6.72. The molecule has 2 aromatic carbocycles. The third-order valence-corrected chi connectivity index (χ3v) is 11.2. The first kappa shape index (κ1) is 35.4. The Morgan fingerprint density at radius 1 is 1.13 bits per heavy atom. The van der Waals surface area contributed by atoms with Gasteiger partial charge in [0.05, 0.1) is 28.5 Å². The summed E-state index contributed by atoms with van der Waals surface area (Å²) >= 11 is 0. The van der Waals surface area contributed by atoms with Crippen molar-refractivity contribution in [1.82, 2.24) is 25.2 Å². The van der Waals surface area contributed by atoms with Gasteiger partial charge in [-0.1, -0.05) is 18.2 Å². The number of halogens is 2. The molecule has 0 saturated carbocycles. The second kappa shape index (κ2) is 13.3. The van der Waals surface area contributed by atoms with Crippen LogP contribution in [0.2, 0.25) is 0 Å². The van der Waals surface area contributed by atoms with E-state index in [1.807, 2.05) is 30.0 Å². The molecule has 6 bridgehead atoms. The lowest BCUT2D eigenvalue weighted by Crippen LogP contribution is -2.57. The molecule has 0 aliphatic carbocycles. The quantitative estimate of drug-likeness (QED) is 0.175. The van der Waals surface area contributed by atoms with Crippen LogP contribution in [0, 0.1) is 11.2 Å². The molecule has 0 radical (unpaired) electrons. The van der Waals surface area contributed by atoms with E-state index in [1.54, 1.807) is 39.1 Å². The van der Waals surface area contributed by atoms with Crippen LogP contribution in [0.15, 0.2) is 36.5 Å². The zero-order chi connectivity index (χ0) is 37.1. The summed E-state index contributed by atoms with van der Waals surface area (Å²) in [4.78, 5) is 44.6. The number of piperidine rings is 1. The summed E-state index contributed by atoms with van der Waals surface area (Å²) in [5.41, 5.74) is -0.489. The Bertz CT molecular complexity index is 2110. The lowest BCUT2D eigenvalue weighted by atomic mass is 9.91. The standard InChI is InChI=1S/C40H46F2N6O5/c1-38(2,3)35(49)53-27-17-25-10-5-9-24-11-6-16-51-37(50)46-39(4)12-7-14-47(22-39)34-29-20-43-32(28(18-27)30(24)25)31(42)33(29)44-36(45-34)52-23-40-13-8-15-48(40)21-26(41)19-40/h5,9-10,17-18,20,26H,6-8,11-16,19,21-23H2,1-4H3,(H,46,50)/t26-,39-,40+/m1/s1. The normalized spacial score (nSPS) is 25.0. The van der Waals surface area contributed by atoms with Crippen LogP contribution in [-0.2, 0) is 16.0 Å². The van der Waals surface area contributed by atoms with E-state index in [1.165, 1.54) is 0 Å². The number of pyridine rings is 1. The Morgan fingerprint density at radius 2 is 1.96 bits per heavy atom. The number of fused-ring (bicyclic) bond motifs is 7. The maximum Gasteiger partial charge on any atom is 0.407 e. The molecule has 9 rings (SSSR count). The number of nitrogens with one attached hydrogen (secondary N) is 1. The zero-order valence-corrected chi connectivity index (χ0v) is 30.8. The number of hydrogen-bond donors (Lipinski definition) is 1. The van der Waals surface area contributed by atoms with Crippen molar-refractivity contribution in [2.75, 3.05) is 44.3 Å². The topological polar surface area (TPSA) is 119 Å². The molecule has 3 saturated heterocycles. The van der Waals surface area contributed by atoms with Gasteiger partial charge in [0.2, 0.25) is 0 Å². The summed E-state index contributed by atoms with van der Waals surface area (Å²) in [5, 5.41) is 4.94. The van der Waals surface area contributed by atoms with Gasteiger partial charge in [0, 0.05) is 37.8 Å². The number of carbonyl (C=O) groups is 2. The molecule has 1 amide bonds. The highest BCUT2D eigenvalue weighted by atomic mass is 19.1. The maximum atomic E-state index is 17.4. The highest BCUT2D eigenvalue weighted by Gasteiger charge is 2.49. The summed E-state index contributed by atoms with van der Waals surface area (Å²) in [6.07, 6.45) is 4.77. The van der Waals surface area contributed by atoms with Crippen LogP contribution in [-0.4, -0.2) is 88.6 Å². The van der Waals surface area contributed by atoms with Crippen molar-refractivity contribution in [3.63, 3.8) is 0 Å². The number of amides is 1. The van der Waals surface area contributed by atoms with Crippen molar-refractivity contribution in [1.29, 1.82) is 0 Å². The van der Waals surface area contributed by atoms with Crippen molar-refractivity contribution in [2.24, 2.45) is 5.41 Å². The number of alkyl carbamates (subject to hydrolysis) is 1. The van der Waals surface area contributed by atoms with E-state index >= 15 is 4.39 Å². The van der Waals surface area contributed by atoms with Gasteiger partial charge in [-0.05, 0) is 101 Å². The second-order valence-electron chi connectivity index (χ2n) is 16.5. The number of aromatic nitrogens is 3. The molecule has 5 aliphatic rings. The van der Waals surface area contributed by atoms with Gasteiger partial charge in [-0.25, -0.2) is 13.6 Å². The molecule has 280 valence electrons. The van der Waals surface area contributed by atoms with Gasteiger partial charge in [0.25, 0.3) is 0 Å². The van der Waals surface area contributed by atoms with Crippen molar-refractivity contribution >= 4 is 39.6 Å². The minimum absolute atomic E-state index is 0.0111. The van der Waals surface area contributed by atoms with Crippen molar-refractivity contribution in [2.45, 2.75) is 89.9 Å². The van der Waals surface area contributed by atoms with Gasteiger partial charge in [0.1, 0.15) is 35.6 Å². The highest BCUT2D eigenvalue weighted by Crippen LogP contribution is 2.42. The van der Waals surface area contributed by atoms with Crippen molar-refractivity contribution < 1.29 is 32.6 Å². The first-order valence-corrected chi connectivity index (χ1v) is 18.7. The smallest absolute Gasteiger partial charge is 0.407 e. The van der Waals surface area contributed by atoms with Gasteiger partial charge in [-0.15, -0.1) is 0 Å². The molecule has 7 heterocycles. The Morgan fingerprint density at radius 3 is 2.79 bits per heavy atom. The molecule has 3 fully saturated rings. The van der Waals surface area contributed by atoms with Gasteiger partial charge in [-0.3, -0.25) is 14.7 Å². The number of benzene rings is 2. The molecule has 13 heteroatoms. The molecule has 11 nitrogen and oxygen atoms in total. The van der Waals surface area contributed by atoms with E-state index in [0.717, 1.165) is 42.1 Å². The summed E-state index contributed by atoms with van der Waals surface area (Å²) in [5.74, 6) is -0.402. The zero-order valence-electron chi connectivity index (χ0n) is 30.8. The fourth-order valence-corrected chi connectivity index (χ4v) is 8.59. The predicted molar refractivity (Wildman–Crippen MR) is 197 cm³/mol. The summed E-state index contributed by atoms with van der Waals surface area (Å²) < 4.78 is 49.9. The molecular weight excluding hydrogens is 682 g/mol. The average molecular weight is 729 g/mol. The van der Waals surface area contributed by atoms with E-state index in [9.17, 15) is 14.0 Å². The van der Waals surface area contributed by atoms with Crippen LogP contribution in [0.3, 0.4) is 0 Å². The number of anilines is 1. The van der Waals surface area contributed by atoms with Gasteiger partial charge < -0.3 is 24.4 Å². The number of alkyl halides is 1. The average Bonchev–Trinajstić information content (AvgIpc) is 3.63. The summed E-state index contributed by atoms with van der Waals surface area (Å²) in [6, 6.07) is 9.16. The lowest BCUT2D eigenvalue weighted by molar-refractivity contribution is -0.142. The minimum Gasteiger partial charge on any atom is -0.461 e. The monoisotopic (exact) mass is 728 g/mol. The number of rotatable bonds is 4. The van der Waals surface area contributed by atoms with Crippen LogP contribution >= 0.6 is 0 Å². The van der Waals surface area contributed by atoms with E-state index < -0.39 is 40.5 Å². The lowest BCUT2D eigenvalue weighted by Gasteiger charge is -2.41. The number of nitrogens with zero attached hydrogens (tertiary/aromatic N) is 5. The van der Waals surface area contributed by atoms with Crippen LogP contribution in [0.4, 0.5) is 19.4 Å². The maximum absolute atomic E-state index is 17.4. The minimum atomic E-state index is -0.933. The number of esters is 1. The second-order valence-corrected chi connectivity index (χ2v) is 16.5. The summed E-state index contributed by atoms with van der Waals surface area (Å²) in [7, 11) is 0. The van der Waals surface area contributed by atoms with Crippen molar-refractivity contribution in [3.05, 3.63) is 47.9 Å². The molecule has 0 spiro atoms. The first-order valence-electron chi connectivity index (χ1n) is 18.7. The fourth-order valence-electron chi connectivity index (χ4n) is 8.59. The molecule has 1 N–H and O–H groups in total. The number of hydrogen-bond acceptors (Lipinski definition) is 10. The first-order chi connectivity index (χ1) is 25.3. The third-order valence-electron chi connectivity index (χ3n) is 11.2. The molecule has 53 heavy (non-hydrogen) atoms. The molecule has 3 atom stereocenters. The van der Waals surface area contributed by atoms with Crippen LogP contribution in [0.25, 0.3) is 32.9 Å². The van der Waals surface area contributed by atoms with Crippen LogP contribution < -0.4 is 19.7 Å². The van der Waals surface area contributed by atoms with Gasteiger partial charge in [0.15, 0.2) is 5.82 Å². The fraction of sp³-hybridized carbons (Fsp3) is 0.525. The number of ether oxygens (including phenoxy) is 3. The van der Waals surface area contributed by atoms with E-state index in [0.29, 0.717) is 62.1 Å². The Hall–Kier alpha value is -4.65. The Labute approximate surface area is 307 Å². The summed E-state index contributed by atoms with van der Waals surface area (Å²) in [6.45, 7) is 9.80.